The lowest BCUT2D eigenvalue weighted by atomic mass is 9.94. The molecule has 2 unspecified atom stereocenters. The first-order valence-corrected chi connectivity index (χ1v) is 4.39. The van der Waals surface area contributed by atoms with Gasteiger partial charge in [0, 0.05) is 6.42 Å². The van der Waals surface area contributed by atoms with Crippen LogP contribution >= 0.6 is 11.8 Å². The Morgan fingerprint density at radius 3 is 3.40 bits per heavy atom. The van der Waals surface area contributed by atoms with Gasteiger partial charge in [-0.1, -0.05) is 11.8 Å². The first-order valence-electron chi connectivity index (χ1n) is 3.51. The second-order valence-electron chi connectivity index (χ2n) is 2.68. The van der Waals surface area contributed by atoms with E-state index in [4.69, 9.17) is 0 Å². The van der Waals surface area contributed by atoms with Gasteiger partial charge in [0.15, 0.2) is 0 Å². The molecule has 0 spiro atoms. The minimum absolute atomic E-state index is 0.133. The van der Waals surface area contributed by atoms with E-state index in [-0.39, 0.29) is 11.3 Å². The summed E-state index contributed by atoms with van der Waals surface area (Å²) in [6, 6.07) is 0.270. The molecule has 1 radical (unpaired) electrons. The minimum Gasteiger partial charge on any atom is -0.298 e. The largest absolute Gasteiger partial charge is 0.298 e. The monoisotopic (exact) mass is 154 g/mol. The third kappa shape index (κ3) is 0.888. The molecule has 53 valence electrons. The van der Waals surface area contributed by atoms with Gasteiger partial charge in [0.05, 0.1) is 11.3 Å². The van der Waals surface area contributed by atoms with E-state index in [9.17, 15) is 4.79 Å². The molecule has 0 N–H and O–H groups in total. The normalized spacial score (nSPS) is 38.2. The molecular weight excluding hydrogens is 146 g/mol. The molecular formula is C7H8NOS. The van der Waals surface area contributed by atoms with Crippen LogP contribution in [0.4, 0.5) is 0 Å². The molecule has 0 bridgehead atoms. The quantitative estimate of drug-likeness (QED) is 0.523. The van der Waals surface area contributed by atoms with Gasteiger partial charge in [-0.05, 0) is 12.8 Å². The van der Waals surface area contributed by atoms with Gasteiger partial charge in [-0.15, -0.1) is 0 Å². The third-order valence-electron chi connectivity index (χ3n) is 1.99. The zero-order valence-electron chi connectivity index (χ0n) is 5.54. The summed E-state index contributed by atoms with van der Waals surface area (Å²) in [5, 5.41) is 0.133. The molecule has 2 atom stereocenters. The molecule has 1 saturated carbocycles. The van der Waals surface area contributed by atoms with Gasteiger partial charge in [-0.3, -0.25) is 9.79 Å². The smallest absolute Gasteiger partial charge is 0.148 e. The van der Waals surface area contributed by atoms with E-state index in [1.54, 1.807) is 0 Å². The summed E-state index contributed by atoms with van der Waals surface area (Å²) in [6.07, 6.45) is 2.85. The number of nitrogens with zero attached hydrogens (tertiary/aromatic N) is 1. The van der Waals surface area contributed by atoms with E-state index in [2.05, 4.69) is 10.5 Å². The van der Waals surface area contributed by atoms with Crippen molar-refractivity contribution in [3.8, 4) is 0 Å². The zero-order valence-corrected chi connectivity index (χ0v) is 6.36. The Morgan fingerprint density at radius 1 is 1.70 bits per heavy atom. The number of hydrogen-bond donors (Lipinski definition) is 0. The molecule has 0 aromatic carbocycles. The lowest BCUT2D eigenvalue weighted by Gasteiger charge is -2.20. The number of Topliss-reactive ketones (excluding diaryl/α,β-unsaturated/α-hetero) is 1. The Bertz CT molecular complexity index is 190. The van der Waals surface area contributed by atoms with E-state index in [1.807, 2.05) is 0 Å². The number of ketones is 1. The van der Waals surface area contributed by atoms with E-state index in [1.165, 1.54) is 11.8 Å². The highest BCUT2D eigenvalue weighted by atomic mass is 32.2. The van der Waals surface area contributed by atoms with E-state index in [0.29, 0.717) is 5.78 Å². The topological polar surface area (TPSA) is 29.4 Å². The number of hydrogen-bond acceptors (Lipinski definition) is 3. The van der Waals surface area contributed by atoms with Crippen molar-refractivity contribution < 1.29 is 4.79 Å². The average molecular weight is 154 g/mol. The van der Waals surface area contributed by atoms with Gasteiger partial charge in [0.2, 0.25) is 0 Å². The van der Waals surface area contributed by atoms with Crippen LogP contribution < -0.4 is 0 Å². The van der Waals surface area contributed by atoms with Crippen LogP contribution in [-0.2, 0) is 4.79 Å². The summed E-state index contributed by atoms with van der Waals surface area (Å²) in [5.74, 6) is 0.370. The molecule has 3 heteroatoms. The number of carbonyl (C=O) groups excluding carboxylic acids is 1. The molecule has 1 fully saturated rings. The summed E-state index contributed by atoms with van der Waals surface area (Å²) in [6.45, 7) is 0. The van der Waals surface area contributed by atoms with Crippen LogP contribution in [0, 0.1) is 0 Å². The third-order valence-corrected chi connectivity index (χ3v) is 3.03. The van der Waals surface area contributed by atoms with E-state index in [0.717, 1.165) is 19.3 Å². The lowest BCUT2D eigenvalue weighted by Crippen LogP contribution is -2.31. The summed E-state index contributed by atoms with van der Waals surface area (Å²) in [4.78, 5) is 15.3. The lowest BCUT2D eigenvalue weighted by molar-refractivity contribution is -0.119. The Kier molecular flexibility index (Phi) is 1.52. The number of rotatable bonds is 0. The standard InChI is InChI=1S/C7H8NOS/c9-6-3-1-2-5-7(6)10-4-8-5/h5,7H,1-3H2. The molecule has 10 heavy (non-hydrogen) atoms. The molecule has 2 nitrogen and oxygen atoms in total. The fourth-order valence-corrected chi connectivity index (χ4v) is 2.34. The fraction of sp³-hybridized carbons (Fsp3) is 0.714. The van der Waals surface area contributed by atoms with Crippen molar-refractivity contribution in [2.45, 2.75) is 30.6 Å². The maximum absolute atomic E-state index is 11.2. The van der Waals surface area contributed by atoms with Crippen molar-refractivity contribution >= 4 is 23.1 Å². The van der Waals surface area contributed by atoms with Crippen molar-refractivity contribution in [3.63, 3.8) is 0 Å². The number of carbonyl (C=O) groups is 1. The predicted molar refractivity (Wildman–Crippen MR) is 41.5 cm³/mol. The average Bonchev–Trinajstić information content (AvgIpc) is 2.36. The molecule has 1 heterocycles. The molecule has 2 rings (SSSR count). The van der Waals surface area contributed by atoms with Crippen LogP contribution in [-0.4, -0.2) is 22.6 Å². The molecule has 0 aromatic heterocycles. The van der Waals surface area contributed by atoms with Crippen molar-refractivity contribution in [2.24, 2.45) is 4.99 Å². The summed E-state index contributed by atoms with van der Waals surface area (Å²) >= 11 is 1.47. The second kappa shape index (κ2) is 2.38. The summed E-state index contributed by atoms with van der Waals surface area (Å²) in [5.41, 5.74) is 2.82. The van der Waals surface area contributed by atoms with Crippen LogP contribution in [0.5, 0.6) is 0 Å². The highest BCUT2D eigenvalue weighted by molar-refractivity contribution is 8.13. The van der Waals surface area contributed by atoms with Crippen LogP contribution in [0.1, 0.15) is 19.3 Å². The first kappa shape index (κ1) is 6.40. The summed E-state index contributed by atoms with van der Waals surface area (Å²) in [7, 11) is 0. The van der Waals surface area contributed by atoms with Gasteiger partial charge in [-0.2, -0.15) is 0 Å². The van der Waals surface area contributed by atoms with Gasteiger partial charge in [0.1, 0.15) is 11.3 Å². The Morgan fingerprint density at radius 2 is 2.60 bits per heavy atom. The van der Waals surface area contributed by atoms with Crippen LogP contribution in [0.3, 0.4) is 0 Å². The van der Waals surface area contributed by atoms with Crippen LogP contribution in [0.15, 0.2) is 4.99 Å². The Hall–Kier alpha value is -0.310. The number of fused-ring (bicyclic) bond motifs is 1. The maximum Gasteiger partial charge on any atom is 0.148 e. The van der Waals surface area contributed by atoms with Gasteiger partial charge in [-0.25, -0.2) is 0 Å². The molecule has 1 aliphatic heterocycles. The van der Waals surface area contributed by atoms with Crippen LogP contribution in [0.25, 0.3) is 0 Å². The van der Waals surface area contributed by atoms with Crippen molar-refractivity contribution in [1.82, 2.24) is 0 Å². The van der Waals surface area contributed by atoms with Gasteiger partial charge < -0.3 is 0 Å². The molecule has 1 aliphatic carbocycles. The SMILES string of the molecule is O=C1CCCC2N=[C]SC12. The van der Waals surface area contributed by atoms with E-state index >= 15 is 0 Å². The van der Waals surface area contributed by atoms with Crippen molar-refractivity contribution in [2.75, 3.05) is 0 Å². The highest BCUT2D eigenvalue weighted by Crippen LogP contribution is 2.31. The Balaban J connectivity index is 2.14. The molecule has 0 amide bonds. The number of thioether (sulfide) groups is 1. The van der Waals surface area contributed by atoms with Gasteiger partial charge >= 0.3 is 0 Å². The van der Waals surface area contributed by atoms with Gasteiger partial charge in [0.25, 0.3) is 0 Å². The fourth-order valence-electron chi connectivity index (χ4n) is 1.43. The molecule has 0 aromatic rings. The van der Waals surface area contributed by atoms with Crippen molar-refractivity contribution in [1.29, 1.82) is 0 Å². The van der Waals surface area contributed by atoms with Crippen molar-refractivity contribution in [3.05, 3.63) is 0 Å². The zero-order chi connectivity index (χ0) is 6.97. The predicted octanol–water partition coefficient (Wildman–Crippen LogP) is 1.13. The first-order chi connectivity index (χ1) is 4.88. The minimum atomic E-state index is 0.133. The Labute approximate surface area is 64.1 Å². The van der Waals surface area contributed by atoms with E-state index < -0.39 is 0 Å². The highest BCUT2D eigenvalue weighted by Gasteiger charge is 2.34. The molecule has 0 saturated heterocycles. The number of aliphatic imine (C=N–C) groups is 1. The summed E-state index contributed by atoms with van der Waals surface area (Å²) < 4.78 is 0. The van der Waals surface area contributed by atoms with Crippen LogP contribution in [0.2, 0.25) is 0 Å². The molecule has 2 aliphatic rings. The maximum atomic E-state index is 11.2. The second-order valence-corrected chi connectivity index (χ2v) is 3.61.